The second-order valence-electron chi connectivity index (χ2n) is 3.31. The third-order valence-corrected chi connectivity index (χ3v) is 3.05. The first kappa shape index (κ1) is 12.8. The summed E-state index contributed by atoms with van der Waals surface area (Å²) in [4.78, 5) is 22.3. The number of aromatic nitrogens is 3. The summed E-state index contributed by atoms with van der Waals surface area (Å²) in [6.45, 7) is 4.05. The minimum Gasteiger partial charge on any atom is -0.466 e. The molecule has 0 aliphatic heterocycles. The minimum atomic E-state index is -0.258. The maximum absolute atomic E-state index is 11.2. The summed E-state index contributed by atoms with van der Waals surface area (Å²) in [6.07, 6.45) is 0.305. The van der Waals surface area contributed by atoms with E-state index in [2.05, 4.69) is 10.2 Å². The highest BCUT2D eigenvalue weighted by atomic mass is 32.2. The number of aromatic amines is 1. The van der Waals surface area contributed by atoms with Gasteiger partial charge in [-0.15, -0.1) is 5.10 Å². The summed E-state index contributed by atoms with van der Waals surface area (Å²) in [7, 11) is 1.63. The molecule has 7 heteroatoms. The van der Waals surface area contributed by atoms with Gasteiger partial charge in [-0.25, -0.2) is 9.89 Å². The number of esters is 1. The summed E-state index contributed by atoms with van der Waals surface area (Å²) in [5.74, 6) is -0.233. The minimum absolute atomic E-state index is 0.0212. The van der Waals surface area contributed by atoms with Crippen molar-refractivity contribution < 1.29 is 9.53 Å². The number of thioether (sulfide) groups is 1. The fourth-order valence-corrected chi connectivity index (χ4v) is 2.03. The number of hydrogen-bond donors (Lipinski definition) is 1. The van der Waals surface area contributed by atoms with Crippen molar-refractivity contribution in [1.29, 1.82) is 0 Å². The van der Waals surface area contributed by atoms with Gasteiger partial charge in [0.25, 0.3) is 0 Å². The Hall–Kier alpha value is -1.24. The zero-order valence-corrected chi connectivity index (χ0v) is 10.3. The van der Waals surface area contributed by atoms with Gasteiger partial charge < -0.3 is 4.74 Å². The predicted molar refractivity (Wildman–Crippen MR) is 60.4 cm³/mol. The van der Waals surface area contributed by atoms with Crippen LogP contribution in [0.15, 0.2) is 9.95 Å². The van der Waals surface area contributed by atoms with E-state index in [0.29, 0.717) is 18.2 Å². The van der Waals surface area contributed by atoms with Crippen LogP contribution in [0, 0.1) is 0 Å². The van der Waals surface area contributed by atoms with E-state index in [1.165, 1.54) is 16.3 Å². The van der Waals surface area contributed by atoms with Crippen LogP contribution >= 0.6 is 11.8 Å². The molecule has 1 aromatic rings. The first-order valence-corrected chi connectivity index (χ1v) is 5.86. The van der Waals surface area contributed by atoms with Gasteiger partial charge in [-0.2, -0.15) is 0 Å². The molecule has 0 saturated heterocycles. The molecule has 1 unspecified atom stereocenters. The third kappa shape index (κ3) is 3.41. The smallest absolute Gasteiger partial charge is 0.343 e. The van der Waals surface area contributed by atoms with Crippen LogP contribution in [0.2, 0.25) is 0 Å². The topological polar surface area (TPSA) is 77.0 Å². The Balaban J connectivity index is 2.51. The van der Waals surface area contributed by atoms with Crippen LogP contribution in [-0.4, -0.2) is 32.6 Å². The van der Waals surface area contributed by atoms with E-state index in [4.69, 9.17) is 4.74 Å². The van der Waals surface area contributed by atoms with E-state index in [9.17, 15) is 9.59 Å². The van der Waals surface area contributed by atoms with Gasteiger partial charge in [0, 0.05) is 12.3 Å². The van der Waals surface area contributed by atoms with E-state index in [0.717, 1.165) is 0 Å². The maximum Gasteiger partial charge on any atom is 0.343 e. The summed E-state index contributed by atoms with van der Waals surface area (Å²) >= 11 is 1.36. The molecule has 1 aromatic heterocycles. The van der Waals surface area contributed by atoms with E-state index < -0.39 is 0 Å². The molecule has 16 heavy (non-hydrogen) atoms. The van der Waals surface area contributed by atoms with Crippen LogP contribution in [0.1, 0.15) is 20.3 Å². The van der Waals surface area contributed by atoms with Crippen molar-refractivity contribution in [2.24, 2.45) is 7.05 Å². The highest BCUT2D eigenvalue weighted by Gasteiger charge is 2.14. The fraction of sp³-hybridized carbons (Fsp3) is 0.667. The molecular weight excluding hydrogens is 230 g/mol. The molecule has 0 bridgehead atoms. The number of H-pyrrole nitrogens is 1. The van der Waals surface area contributed by atoms with Crippen LogP contribution < -0.4 is 5.69 Å². The molecule has 0 aromatic carbocycles. The Bertz CT molecular complexity index is 412. The van der Waals surface area contributed by atoms with Crippen LogP contribution in [-0.2, 0) is 16.6 Å². The summed E-state index contributed by atoms with van der Waals surface area (Å²) in [5, 5.41) is 6.78. The van der Waals surface area contributed by atoms with Gasteiger partial charge in [0.2, 0.25) is 0 Å². The highest BCUT2D eigenvalue weighted by Crippen LogP contribution is 2.21. The molecular formula is C9H15N3O3S. The first-order valence-electron chi connectivity index (χ1n) is 4.98. The van der Waals surface area contributed by atoms with Gasteiger partial charge in [-0.1, -0.05) is 18.7 Å². The highest BCUT2D eigenvalue weighted by molar-refractivity contribution is 7.99. The molecule has 1 rings (SSSR count). The number of rotatable bonds is 5. The van der Waals surface area contributed by atoms with E-state index >= 15 is 0 Å². The van der Waals surface area contributed by atoms with Crippen LogP contribution in [0.3, 0.4) is 0 Å². The molecule has 0 aliphatic rings. The number of carbonyl (C=O) groups is 1. The van der Waals surface area contributed by atoms with Crippen molar-refractivity contribution in [2.75, 3.05) is 6.61 Å². The summed E-state index contributed by atoms with van der Waals surface area (Å²) < 4.78 is 6.25. The van der Waals surface area contributed by atoms with Gasteiger partial charge in [0.15, 0.2) is 5.16 Å². The number of carbonyl (C=O) groups excluding carboxylic acids is 1. The normalized spacial score (nSPS) is 12.4. The number of ether oxygens (including phenoxy) is 1. The van der Waals surface area contributed by atoms with Crippen LogP contribution in [0.25, 0.3) is 0 Å². The molecule has 1 heterocycles. The average molecular weight is 245 g/mol. The fourth-order valence-electron chi connectivity index (χ4n) is 1.11. The van der Waals surface area contributed by atoms with Crippen molar-refractivity contribution in [2.45, 2.75) is 30.7 Å². The standard InChI is InChI=1S/C9H15N3O3S/c1-4-15-7(13)5-6(2)16-9-11-10-8(14)12(9)3/h6H,4-5H2,1-3H3,(H,10,14). The molecule has 0 saturated carbocycles. The molecule has 0 aliphatic carbocycles. The van der Waals surface area contributed by atoms with E-state index in [-0.39, 0.29) is 16.9 Å². The van der Waals surface area contributed by atoms with Crippen LogP contribution in [0.5, 0.6) is 0 Å². The maximum atomic E-state index is 11.2. The lowest BCUT2D eigenvalue weighted by molar-refractivity contribution is -0.142. The second kappa shape index (κ2) is 5.74. The Morgan fingerprint density at radius 3 is 2.88 bits per heavy atom. The Morgan fingerprint density at radius 2 is 2.38 bits per heavy atom. The second-order valence-corrected chi connectivity index (χ2v) is 4.71. The Kier molecular flexibility index (Phi) is 4.60. The van der Waals surface area contributed by atoms with Crippen molar-refractivity contribution in [3.8, 4) is 0 Å². The SMILES string of the molecule is CCOC(=O)CC(C)Sc1n[nH]c(=O)n1C. The quantitative estimate of drug-likeness (QED) is 0.605. The summed E-state index contributed by atoms with van der Waals surface area (Å²) in [5.41, 5.74) is -0.258. The van der Waals surface area contributed by atoms with Crippen molar-refractivity contribution in [3.05, 3.63) is 10.5 Å². The number of hydrogen-bond acceptors (Lipinski definition) is 5. The lowest BCUT2D eigenvalue weighted by Gasteiger charge is -2.08. The molecule has 6 nitrogen and oxygen atoms in total. The largest absolute Gasteiger partial charge is 0.466 e. The lowest BCUT2D eigenvalue weighted by atomic mass is 10.3. The molecule has 0 fully saturated rings. The number of nitrogens with one attached hydrogen (secondary N) is 1. The van der Waals surface area contributed by atoms with Crippen LogP contribution in [0.4, 0.5) is 0 Å². The molecule has 90 valence electrons. The Morgan fingerprint density at radius 1 is 1.69 bits per heavy atom. The zero-order valence-electron chi connectivity index (χ0n) is 9.52. The van der Waals surface area contributed by atoms with Gasteiger partial charge in [-0.05, 0) is 6.92 Å². The lowest BCUT2D eigenvalue weighted by Crippen LogP contribution is -2.14. The molecule has 0 spiro atoms. The van der Waals surface area contributed by atoms with Crippen molar-refractivity contribution in [1.82, 2.24) is 14.8 Å². The number of nitrogens with zero attached hydrogens (tertiary/aromatic N) is 2. The summed E-state index contributed by atoms with van der Waals surface area (Å²) in [6, 6.07) is 0. The van der Waals surface area contributed by atoms with Crippen molar-refractivity contribution >= 4 is 17.7 Å². The van der Waals surface area contributed by atoms with Gasteiger partial charge >= 0.3 is 11.7 Å². The first-order chi connectivity index (χ1) is 7.54. The zero-order chi connectivity index (χ0) is 12.1. The molecule has 1 N–H and O–H groups in total. The molecule has 0 radical (unpaired) electrons. The molecule has 0 amide bonds. The molecule has 1 atom stereocenters. The van der Waals surface area contributed by atoms with E-state index in [1.54, 1.807) is 14.0 Å². The monoisotopic (exact) mass is 245 g/mol. The average Bonchev–Trinajstić information content (AvgIpc) is 2.50. The third-order valence-electron chi connectivity index (χ3n) is 1.90. The van der Waals surface area contributed by atoms with Crippen molar-refractivity contribution in [3.63, 3.8) is 0 Å². The Labute approximate surface area is 97.4 Å². The van der Waals surface area contributed by atoms with Gasteiger partial charge in [-0.3, -0.25) is 9.36 Å². The van der Waals surface area contributed by atoms with Gasteiger partial charge in [0.05, 0.1) is 13.0 Å². The van der Waals surface area contributed by atoms with Gasteiger partial charge in [0.1, 0.15) is 0 Å². The van der Waals surface area contributed by atoms with E-state index in [1.807, 2.05) is 6.92 Å². The predicted octanol–water partition coefficient (Wildman–Crippen LogP) is 0.542.